The average Bonchev–Trinajstić information content (AvgIpc) is 2.72. The number of methoxy groups -OCH3 is 1. The molecule has 0 radical (unpaired) electrons. The van der Waals surface area contributed by atoms with Gasteiger partial charge in [0.25, 0.3) is 0 Å². The van der Waals surface area contributed by atoms with Crippen LogP contribution in [0.1, 0.15) is 36.9 Å². The first kappa shape index (κ1) is 25.2. The van der Waals surface area contributed by atoms with Crippen molar-refractivity contribution in [1.29, 1.82) is 0 Å². The van der Waals surface area contributed by atoms with Crippen LogP contribution in [-0.4, -0.2) is 31.1 Å². The van der Waals surface area contributed by atoms with E-state index in [1.54, 1.807) is 7.11 Å². The van der Waals surface area contributed by atoms with Gasteiger partial charge in [-0.2, -0.15) is 0 Å². The Kier molecular flexibility index (Phi) is 10.4. The van der Waals surface area contributed by atoms with Crippen molar-refractivity contribution in [3.05, 3.63) is 47.8 Å². The average molecular weight is 440 g/mol. The van der Waals surface area contributed by atoms with Crippen LogP contribution in [0.25, 0.3) is 11.1 Å². The van der Waals surface area contributed by atoms with Gasteiger partial charge in [0.1, 0.15) is 5.75 Å². The Labute approximate surface area is 185 Å². The van der Waals surface area contributed by atoms with Crippen molar-refractivity contribution in [3.63, 3.8) is 0 Å². The molecule has 0 atom stereocenters. The summed E-state index contributed by atoms with van der Waals surface area (Å²) >= 11 is 0. The van der Waals surface area contributed by atoms with Gasteiger partial charge in [-0.25, -0.2) is 0 Å². The topological polar surface area (TPSA) is 63.2 Å². The monoisotopic (exact) mass is 439 g/mol. The van der Waals surface area contributed by atoms with Crippen molar-refractivity contribution in [2.45, 2.75) is 45.2 Å². The molecule has 1 heterocycles. The lowest BCUT2D eigenvalue weighted by molar-refractivity contribution is -0.126. The van der Waals surface area contributed by atoms with Crippen LogP contribution in [0.5, 0.6) is 5.75 Å². The zero-order chi connectivity index (χ0) is 19.2. The maximum atomic E-state index is 12.6. The van der Waals surface area contributed by atoms with Gasteiger partial charge >= 0.3 is 0 Å². The molecular formula is C22H31Cl2N3O2. The van der Waals surface area contributed by atoms with E-state index in [1.165, 1.54) is 0 Å². The zero-order valence-corrected chi connectivity index (χ0v) is 18.9. The van der Waals surface area contributed by atoms with Crippen LogP contribution in [0.15, 0.2) is 36.5 Å². The minimum Gasteiger partial charge on any atom is -0.496 e. The van der Waals surface area contributed by atoms with Crippen LogP contribution in [0.3, 0.4) is 0 Å². The molecule has 0 bridgehead atoms. The summed E-state index contributed by atoms with van der Waals surface area (Å²) in [5.41, 5.74) is 4.10. The highest BCUT2D eigenvalue weighted by Gasteiger charge is 2.25. The Morgan fingerprint density at radius 3 is 2.38 bits per heavy atom. The summed E-state index contributed by atoms with van der Waals surface area (Å²) in [5, 5.41) is 6.42. The van der Waals surface area contributed by atoms with E-state index >= 15 is 0 Å². The number of rotatable bonds is 6. The predicted molar refractivity (Wildman–Crippen MR) is 122 cm³/mol. The number of pyridine rings is 1. The number of aryl methyl sites for hydroxylation is 1. The number of hydrogen-bond donors (Lipinski definition) is 2. The van der Waals surface area contributed by atoms with E-state index in [0.29, 0.717) is 12.6 Å². The van der Waals surface area contributed by atoms with Gasteiger partial charge in [0, 0.05) is 41.5 Å². The van der Waals surface area contributed by atoms with Gasteiger partial charge in [-0.3, -0.25) is 9.78 Å². The van der Waals surface area contributed by atoms with Gasteiger partial charge in [0.15, 0.2) is 0 Å². The Bertz CT molecular complexity index is 776. The molecule has 1 fully saturated rings. The van der Waals surface area contributed by atoms with Crippen LogP contribution in [-0.2, 0) is 11.3 Å². The van der Waals surface area contributed by atoms with Crippen LogP contribution in [0.4, 0.5) is 0 Å². The number of benzene rings is 1. The molecule has 3 rings (SSSR count). The predicted octanol–water partition coefficient (Wildman–Crippen LogP) is 4.30. The molecule has 1 amide bonds. The van der Waals surface area contributed by atoms with E-state index in [2.05, 4.69) is 27.8 Å². The molecule has 0 unspecified atom stereocenters. The summed E-state index contributed by atoms with van der Waals surface area (Å²) in [7, 11) is 3.65. The van der Waals surface area contributed by atoms with Gasteiger partial charge in [-0.1, -0.05) is 12.1 Å². The lowest BCUT2D eigenvalue weighted by Crippen LogP contribution is -2.37. The largest absolute Gasteiger partial charge is 0.496 e. The number of amides is 1. The fourth-order valence-corrected chi connectivity index (χ4v) is 3.71. The smallest absolute Gasteiger partial charge is 0.223 e. The second-order valence-electron chi connectivity index (χ2n) is 7.27. The molecule has 0 aliphatic heterocycles. The van der Waals surface area contributed by atoms with Crippen molar-refractivity contribution in [1.82, 2.24) is 15.6 Å². The SMILES string of the molecule is CNC1CCC(C(=O)NCc2cc(-c3ccc(C)nc3)ccc2OC)CC1.Cl.Cl. The number of carbonyl (C=O) groups excluding carboxylic acids is 1. The highest BCUT2D eigenvalue weighted by atomic mass is 35.5. The summed E-state index contributed by atoms with van der Waals surface area (Å²) in [5.74, 6) is 1.05. The van der Waals surface area contributed by atoms with Crippen LogP contribution in [0.2, 0.25) is 0 Å². The molecule has 1 aromatic carbocycles. The first-order chi connectivity index (χ1) is 13.1. The number of ether oxygens (including phenoxy) is 1. The Hall–Kier alpha value is -1.82. The van der Waals surface area contributed by atoms with Crippen molar-refractivity contribution in [2.24, 2.45) is 5.92 Å². The second kappa shape index (κ2) is 12.0. The number of aromatic nitrogens is 1. The summed E-state index contributed by atoms with van der Waals surface area (Å²) in [6, 6.07) is 10.7. The number of hydrogen-bond acceptors (Lipinski definition) is 4. The number of nitrogens with one attached hydrogen (secondary N) is 2. The summed E-state index contributed by atoms with van der Waals surface area (Å²) < 4.78 is 5.49. The highest BCUT2D eigenvalue weighted by Crippen LogP contribution is 2.27. The molecular weight excluding hydrogens is 409 g/mol. The molecule has 1 aliphatic carbocycles. The molecule has 2 aromatic rings. The molecule has 2 N–H and O–H groups in total. The Morgan fingerprint density at radius 1 is 1.10 bits per heavy atom. The fourth-order valence-electron chi connectivity index (χ4n) is 3.71. The van der Waals surface area contributed by atoms with E-state index in [1.807, 2.05) is 38.4 Å². The van der Waals surface area contributed by atoms with Crippen LogP contribution in [0, 0.1) is 12.8 Å². The third-order valence-electron chi connectivity index (χ3n) is 5.48. The number of nitrogens with zero attached hydrogens (tertiary/aromatic N) is 1. The van der Waals surface area contributed by atoms with Gasteiger partial charge in [0.05, 0.1) is 7.11 Å². The van der Waals surface area contributed by atoms with E-state index in [4.69, 9.17) is 4.74 Å². The number of carbonyl (C=O) groups is 1. The van der Waals surface area contributed by atoms with Crippen LogP contribution >= 0.6 is 24.8 Å². The maximum Gasteiger partial charge on any atom is 0.223 e. The summed E-state index contributed by atoms with van der Waals surface area (Å²) in [4.78, 5) is 16.9. The Morgan fingerprint density at radius 2 is 1.79 bits per heavy atom. The molecule has 1 aromatic heterocycles. The van der Waals surface area contributed by atoms with E-state index in [9.17, 15) is 4.79 Å². The molecule has 160 valence electrons. The summed E-state index contributed by atoms with van der Waals surface area (Å²) in [6.07, 6.45) is 5.90. The molecule has 1 aliphatic rings. The standard InChI is InChI=1S/C22H29N3O2.2ClH/c1-15-4-5-18(13-24-15)17-8-11-21(27-3)19(12-17)14-25-22(26)16-6-9-20(23-2)10-7-16;;/h4-5,8,11-13,16,20,23H,6-7,9-10,14H2,1-3H3,(H,25,26);2*1H. The van der Waals surface area contributed by atoms with Gasteiger partial charge in [-0.15, -0.1) is 24.8 Å². The van der Waals surface area contributed by atoms with Crippen molar-refractivity contribution >= 4 is 30.7 Å². The minimum absolute atomic E-state index is 0. The van der Waals surface area contributed by atoms with E-state index < -0.39 is 0 Å². The van der Waals surface area contributed by atoms with Crippen LogP contribution < -0.4 is 15.4 Å². The molecule has 7 heteroatoms. The van der Waals surface area contributed by atoms with Gasteiger partial charge < -0.3 is 15.4 Å². The molecule has 0 saturated heterocycles. The van der Waals surface area contributed by atoms with E-state index in [-0.39, 0.29) is 36.6 Å². The zero-order valence-electron chi connectivity index (χ0n) is 17.2. The molecule has 29 heavy (non-hydrogen) atoms. The highest BCUT2D eigenvalue weighted by molar-refractivity contribution is 5.85. The first-order valence-corrected chi connectivity index (χ1v) is 9.65. The van der Waals surface area contributed by atoms with Crippen molar-refractivity contribution in [3.8, 4) is 16.9 Å². The lowest BCUT2D eigenvalue weighted by atomic mass is 9.85. The lowest BCUT2D eigenvalue weighted by Gasteiger charge is -2.27. The third kappa shape index (κ3) is 6.59. The molecule has 0 spiro atoms. The summed E-state index contributed by atoms with van der Waals surface area (Å²) in [6.45, 7) is 2.45. The van der Waals surface area contributed by atoms with Crippen molar-refractivity contribution in [2.75, 3.05) is 14.2 Å². The van der Waals surface area contributed by atoms with Crippen molar-refractivity contribution < 1.29 is 9.53 Å². The quantitative estimate of drug-likeness (QED) is 0.703. The maximum absolute atomic E-state index is 12.6. The Balaban J connectivity index is 0.00000210. The third-order valence-corrected chi connectivity index (χ3v) is 5.48. The molecule has 1 saturated carbocycles. The minimum atomic E-state index is 0. The molecule has 5 nitrogen and oxygen atoms in total. The first-order valence-electron chi connectivity index (χ1n) is 9.65. The number of halogens is 2. The second-order valence-corrected chi connectivity index (χ2v) is 7.27. The van der Waals surface area contributed by atoms with E-state index in [0.717, 1.165) is 53.8 Å². The fraction of sp³-hybridized carbons (Fsp3) is 0.455. The normalized spacial score (nSPS) is 18.2. The van der Waals surface area contributed by atoms with Gasteiger partial charge in [-0.05, 0) is 63.4 Å². The van der Waals surface area contributed by atoms with Gasteiger partial charge in [0.2, 0.25) is 5.91 Å².